The summed E-state index contributed by atoms with van der Waals surface area (Å²) in [5, 5.41) is 9.52. The van der Waals surface area contributed by atoms with Crippen LogP contribution >= 0.6 is 0 Å². The molecule has 0 aliphatic carbocycles. The van der Waals surface area contributed by atoms with Gasteiger partial charge in [-0.25, -0.2) is 9.48 Å². The molecule has 9 nitrogen and oxygen atoms in total. The number of hydrogen-bond acceptors (Lipinski definition) is 6. The van der Waals surface area contributed by atoms with Crippen LogP contribution in [0.15, 0.2) is 60.8 Å². The quantitative estimate of drug-likeness (QED) is 0.499. The van der Waals surface area contributed by atoms with Crippen molar-refractivity contribution < 1.29 is 23.9 Å². The summed E-state index contributed by atoms with van der Waals surface area (Å²) in [6.45, 7) is 4.04. The maximum Gasteiger partial charge on any atom is 0.358 e. The third kappa shape index (κ3) is 5.72. The van der Waals surface area contributed by atoms with Gasteiger partial charge in [0.25, 0.3) is 5.91 Å². The van der Waals surface area contributed by atoms with E-state index in [4.69, 9.17) is 9.47 Å². The van der Waals surface area contributed by atoms with E-state index in [-0.39, 0.29) is 18.8 Å². The van der Waals surface area contributed by atoms with Crippen LogP contribution in [0.2, 0.25) is 0 Å². The first-order chi connectivity index (χ1) is 15.5. The molecule has 0 aliphatic rings. The lowest BCUT2D eigenvalue weighted by Gasteiger charge is -2.11. The van der Waals surface area contributed by atoms with Gasteiger partial charge in [-0.15, -0.1) is 0 Å². The molecule has 2 aromatic carbocycles. The fraction of sp³-hybridized carbons (Fsp3) is 0.217. The van der Waals surface area contributed by atoms with Crippen molar-refractivity contribution in [3.05, 3.63) is 72.1 Å². The van der Waals surface area contributed by atoms with Crippen LogP contribution in [0.3, 0.4) is 0 Å². The first-order valence-corrected chi connectivity index (χ1v) is 10.1. The number of hydrogen-bond donors (Lipinski definition) is 2. The predicted molar refractivity (Wildman–Crippen MR) is 118 cm³/mol. The Morgan fingerprint density at radius 1 is 1.00 bits per heavy atom. The standard InChI is InChI=1S/C23H24N4O5/c1-3-31-20-11-6-5-10-18(20)22(29)24-15-21(28)25-16-8-7-9-17(14-16)27-13-12-19(26-27)23(30)32-4-2/h5-14H,3-4,15H2,1-2H3,(H,24,29)(H,25,28). The molecular formula is C23H24N4O5. The van der Waals surface area contributed by atoms with E-state index >= 15 is 0 Å². The van der Waals surface area contributed by atoms with Gasteiger partial charge in [-0.3, -0.25) is 9.59 Å². The molecule has 2 N–H and O–H groups in total. The summed E-state index contributed by atoms with van der Waals surface area (Å²) in [5.74, 6) is -0.836. The zero-order valence-electron chi connectivity index (χ0n) is 17.8. The number of para-hydroxylation sites is 1. The number of benzene rings is 2. The Balaban J connectivity index is 1.60. The van der Waals surface area contributed by atoms with Gasteiger partial charge in [-0.2, -0.15) is 5.10 Å². The van der Waals surface area contributed by atoms with Crippen LogP contribution in [0, 0.1) is 0 Å². The van der Waals surface area contributed by atoms with Crippen molar-refractivity contribution in [2.45, 2.75) is 13.8 Å². The van der Waals surface area contributed by atoms with Crippen molar-refractivity contribution >= 4 is 23.5 Å². The topological polar surface area (TPSA) is 112 Å². The summed E-state index contributed by atoms with van der Waals surface area (Å²) in [6, 6.07) is 15.3. The molecule has 2 amide bonds. The molecule has 1 aromatic heterocycles. The predicted octanol–water partition coefficient (Wildman–Crippen LogP) is 2.82. The summed E-state index contributed by atoms with van der Waals surface area (Å²) < 4.78 is 11.9. The van der Waals surface area contributed by atoms with Crippen molar-refractivity contribution in [3.8, 4) is 11.4 Å². The molecule has 0 bridgehead atoms. The number of carbonyl (C=O) groups is 3. The second-order valence-corrected chi connectivity index (χ2v) is 6.58. The number of esters is 1. The van der Waals surface area contributed by atoms with Crippen molar-refractivity contribution in [3.63, 3.8) is 0 Å². The Hall–Kier alpha value is -4.14. The van der Waals surface area contributed by atoms with Gasteiger partial charge in [0.05, 0.1) is 31.0 Å². The molecule has 3 rings (SSSR count). The zero-order chi connectivity index (χ0) is 22.9. The van der Waals surface area contributed by atoms with Crippen molar-refractivity contribution in [2.24, 2.45) is 0 Å². The fourth-order valence-electron chi connectivity index (χ4n) is 2.90. The molecule has 0 unspecified atom stereocenters. The van der Waals surface area contributed by atoms with Crippen molar-refractivity contribution in [2.75, 3.05) is 25.1 Å². The zero-order valence-corrected chi connectivity index (χ0v) is 17.8. The van der Waals surface area contributed by atoms with Gasteiger partial charge >= 0.3 is 5.97 Å². The van der Waals surface area contributed by atoms with Crippen LogP contribution in [0.25, 0.3) is 5.69 Å². The number of nitrogens with zero attached hydrogens (tertiary/aromatic N) is 2. The molecule has 166 valence electrons. The highest BCUT2D eigenvalue weighted by atomic mass is 16.5. The molecule has 0 saturated heterocycles. The van der Waals surface area contributed by atoms with E-state index in [1.54, 1.807) is 67.7 Å². The highest BCUT2D eigenvalue weighted by Crippen LogP contribution is 2.18. The normalized spacial score (nSPS) is 10.3. The van der Waals surface area contributed by atoms with E-state index in [9.17, 15) is 14.4 Å². The average molecular weight is 436 g/mol. The van der Waals surface area contributed by atoms with E-state index in [0.717, 1.165) is 0 Å². The molecule has 0 saturated carbocycles. The van der Waals surface area contributed by atoms with Gasteiger partial charge in [0.1, 0.15) is 5.75 Å². The van der Waals surface area contributed by atoms with Gasteiger partial charge in [-0.05, 0) is 50.2 Å². The van der Waals surface area contributed by atoms with E-state index < -0.39 is 17.8 Å². The van der Waals surface area contributed by atoms with Gasteiger partial charge in [0.15, 0.2) is 5.69 Å². The summed E-state index contributed by atoms with van der Waals surface area (Å²) >= 11 is 0. The Morgan fingerprint density at radius 2 is 1.81 bits per heavy atom. The van der Waals surface area contributed by atoms with Crippen LogP contribution in [0.1, 0.15) is 34.7 Å². The lowest BCUT2D eigenvalue weighted by molar-refractivity contribution is -0.115. The number of anilines is 1. The van der Waals surface area contributed by atoms with E-state index in [1.165, 1.54) is 4.68 Å². The largest absolute Gasteiger partial charge is 0.493 e. The summed E-state index contributed by atoms with van der Waals surface area (Å²) in [6.07, 6.45) is 1.63. The Labute approximate surface area is 185 Å². The molecule has 3 aromatic rings. The van der Waals surface area contributed by atoms with E-state index in [0.29, 0.717) is 29.3 Å². The Morgan fingerprint density at radius 3 is 2.59 bits per heavy atom. The SMILES string of the molecule is CCOC(=O)c1ccn(-c2cccc(NC(=O)CNC(=O)c3ccccc3OCC)c2)n1. The Kier molecular flexibility index (Phi) is 7.58. The number of amides is 2. The molecule has 1 heterocycles. The molecule has 0 atom stereocenters. The summed E-state index contributed by atoms with van der Waals surface area (Å²) in [7, 11) is 0. The van der Waals surface area contributed by atoms with E-state index in [1.807, 2.05) is 6.92 Å². The van der Waals surface area contributed by atoms with Crippen molar-refractivity contribution in [1.82, 2.24) is 15.1 Å². The van der Waals surface area contributed by atoms with Crippen LogP contribution in [-0.4, -0.2) is 47.3 Å². The number of nitrogens with one attached hydrogen (secondary N) is 2. The van der Waals surface area contributed by atoms with Crippen LogP contribution < -0.4 is 15.4 Å². The molecule has 0 radical (unpaired) electrons. The number of carbonyl (C=O) groups excluding carboxylic acids is 3. The average Bonchev–Trinajstić information content (AvgIpc) is 3.29. The smallest absolute Gasteiger partial charge is 0.358 e. The fourth-order valence-corrected chi connectivity index (χ4v) is 2.90. The van der Waals surface area contributed by atoms with Gasteiger partial charge in [0, 0.05) is 11.9 Å². The van der Waals surface area contributed by atoms with Crippen LogP contribution in [-0.2, 0) is 9.53 Å². The molecule has 9 heteroatoms. The number of aromatic nitrogens is 2. The highest BCUT2D eigenvalue weighted by molar-refractivity contribution is 6.00. The minimum atomic E-state index is -0.502. The third-order valence-corrected chi connectivity index (χ3v) is 4.31. The maximum absolute atomic E-state index is 12.4. The monoisotopic (exact) mass is 436 g/mol. The maximum atomic E-state index is 12.4. The minimum Gasteiger partial charge on any atom is -0.493 e. The first kappa shape index (κ1) is 22.5. The van der Waals surface area contributed by atoms with E-state index in [2.05, 4.69) is 15.7 Å². The number of ether oxygens (including phenoxy) is 2. The molecule has 0 aliphatic heterocycles. The van der Waals surface area contributed by atoms with Gasteiger partial charge < -0.3 is 20.1 Å². The molecule has 0 spiro atoms. The third-order valence-electron chi connectivity index (χ3n) is 4.31. The minimum absolute atomic E-state index is 0.191. The number of rotatable bonds is 9. The van der Waals surface area contributed by atoms with Gasteiger partial charge in [-0.1, -0.05) is 18.2 Å². The second-order valence-electron chi connectivity index (χ2n) is 6.58. The van der Waals surface area contributed by atoms with Gasteiger partial charge in [0.2, 0.25) is 5.91 Å². The first-order valence-electron chi connectivity index (χ1n) is 10.1. The molecule has 0 fully saturated rings. The Bertz CT molecular complexity index is 1110. The van der Waals surface area contributed by atoms with Crippen LogP contribution in [0.5, 0.6) is 5.75 Å². The molecule has 32 heavy (non-hydrogen) atoms. The second kappa shape index (κ2) is 10.8. The summed E-state index contributed by atoms with van der Waals surface area (Å²) in [4.78, 5) is 36.5. The van der Waals surface area contributed by atoms with Crippen LogP contribution in [0.4, 0.5) is 5.69 Å². The highest BCUT2D eigenvalue weighted by Gasteiger charge is 2.14. The lowest BCUT2D eigenvalue weighted by Crippen LogP contribution is -2.33. The summed E-state index contributed by atoms with van der Waals surface area (Å²) in [5.41, 5.74) is 1.72. The van der Waals surface area contributed by atoms with Crippen molar-refractivity contribution in [1.29, 1.82) is 0 Å². The molecular weight excluding hydrogens is 412 g/mol. The lowest BCUT2D eigenvalue weighted by atomic mass is 10.2.